The third kappa shape index (κ3) is 6.28. The molecule has 0 unspecified atom stereocenters. The lowest BCUT2D eigenvalue weighted by atomic mass is 10.1. The molecule has 39 heavy (non-hydrogen) atoms. The summed E-state index contributed by atoms with van der Waals surface area (Å²) in [7, 11) is -3.55. The highest BCUT2D eigenvalue weighted by Gasteiger charge is 2.36. The fraction of sp³-hybridized carbons (Fsp3) is 0.292. The molecule has 0 radical (unpaired) electrons. The van der Waals surface area contributed by atoms with Gasteiger partial charge in [0, 0.05) is 38.2 Å². The van der Waals surface area contributed by atoms with E-state index >= 15 is 0 Å². The van der Waals surface area contributed by atoms with Crippen LogP contribution in [0.3, 0.4) is 0 Å². The van der Waals surface area contributed by atoms with E-state index in [0.717, 1.165) is 18.3 Å². The molecule has 3 aromatic rings. The van der Waals surface area contributed by atoms with Crippen LogP contribution in [0.1, 0.15) is 21.6 Å². The number of nitrogens with zero attached hydrogens (tertiary/aromatic N) is 4. The molecule has 1 aromatic carbocycles. The fourth-order valence-electron chi connectivity index (χ4n) is 3.85. The van der Waals surface area contributed by atoms with Crippen LogP contribution in [-0.4, -0.2) is 64.3 Å². The van der Waals surface area contributed by atoms with Gasteiger partial charge in [0.15, 0.2) is 0 Å². The lowest BCUT2D eigenvalue weighted by Crippen LogP contribution is -2.36. The van der Waals surface area contributed by atoms with Crippen LogP contribution >= 0.6 is 23.2 Å². The Morgan fingerprint density at radius 1 is 1.13 bits per heavy atom. The van der Waals surface area contributed by atoms with Crippen molar-refractivity contribution in [1.29, 1.82) is 0 Å². The number of ketones is 1. The van der Waals surface area contributed by atoms with Crippen molar-refractivity contribution in [2.24, 2.45) is 0 Å². The van der Waals surface area contributed by atoms with Crippen LogP contribution in [0.5, 0.6) is 0 Å². The summed E-state index contributed by atoms with van der Waals surface area (Å²) in [5, 5.41) is -0.692. The van der Waals surface area contributed by atoms with Gasteiger partial charge in [-0.15, -0.1) is 0 Å². The van der Waals surface area contributed by atoms with Crippen LogP contribution < -0.4 is 9.21 Å². The van der Waals surface area contributed by atoms with Crippen LogP contribution in [0.2, 0.25) is 10.0 Å². The number of alkyl halides is 3. The van der Waals surface area contributed by atoms with Crippen LogP contribution in [-0.2, 0) is 25.7 Å². The van der Waals surface area contributed by atoms with Crippen molar-refractivity contribution < 1.29 is 35.9 Å². The molecule has 0 N–H and O–H groups in total. The number of sulfonamides is 1. The van der Waals surface area contributed by atoms with Crippen LogP contribution in [0.25, 0.3) is 0 Å². The first-order valence-corrected chi connectivity index (χ1v) is 13.5. The summed E-state index contributed by atoms with van der Waals surface area (Å²) < 4.78 is 78.6. The average Bonchev–Trinajstić information content (AvgIpc) is 2.91. The summed E-state index contributed by atoms with van der Waals surface area (Å²) in [6, 6.07) is 6.31. The van der Waals surface area contributed by atoms with Gasteiger partial charge in [0.1, 0.15) is 18.2 Å². The Hall–Kier alpha value is -2.97. The monoisotopic (exact) mass is 604 g/mol. The number of halogens is 5. The topological polar surface area (TPSA) is 102 Å². The number of carbonyl (C=O) groups is 1. The van der Waals surface area contributed by atoms with E-state index in [1.54, 1.807) is 0 Å². The van der Waals surface area contributed by atoms with Crippen molar-refractivity contribution in [1.82, 2.24) is 9.97 Å². The van der Waals surface area contributed by atoms with Gasteiger partial charge in [-0.05, 0) is 36.4 Å². The van der Waals surface area contributed by atoms with E-state index in [0.29, 0.717) is 42.5 Å². The zero-order valence-corrected chi connectivity index (χ0v) is 22.6. The number of methoxy groups -OCH3 is 1. The van der Waals surface area contributed by atoms with E-state index in [2.05, 4.69) is 9.97 Å². The summed E-state index contributed by atoms with van der Waals surface area (Å²) in [4.78, 5) is 23.2. The lowest BCUT2D eigenvalue weighted by Gasteiger charge is -2.28. The highest BCUT2D eigenvalue weighted by atomic mass is 35.5. The van der Waals surface area contributed by atoms with Crippen molar-refractivity contribution in [3.05, 3.63) is 75.7 Å². The summed E-state index contributed by atoms with van der Waals surface area (Å²) in [5.74, 6) is -0.149. The molecule has 0 atom stereocenters. The number of morpholine rings is 1. The molecular formula is C24H21Cl2F3N4O5S. The second kappa shape index (κ2) is 11.6. The van der Waals surface area contributed by atoms with Gasteiger partial charge in [0.05, 0.1) is 39.4 Å². The van der Waals surface area contributed by atoms with Crippen LogP contribution in [0, 0.1) is 0 Å². The molecule has 1 saturated heterocycles. The molecule has 0 spiro atoms. The smallest absolute Gasteiger partial charge is 0.378 e. The van der Waals surface area contributed by atoms with Gasteiger partial charge >= 0.3 is 6.18 Å². The van der Waals surface area contributed by atoms with Crippen molar-refractivity contribution in [2.45, 2.75) is 11.1 Å². The molecule has 0 bridgehead atoms. The van der Waals surface area contributed by atoms with Crippen molar-refractivity contribution in [3.8, 4) is 0 Å². The van der Waals surface area contributed by atoms with E-state index in [1.807, 2.05) is 4.90 Å². The molecular weight excluding hydrogens is 584 g/mol. The number of pyridine rings is 2. The maximum Gasteiger partial charge on any atom is 0.417 e. The highest BCUT2D eigenvalue weighted by Crippen LogP contribution is 2.37. The highest BCUT2D eigenvalue weighted by molar-refractivity contribution is 7.92. The zero-order chi connectivity index (χ0) is 28.4. The Kier molecular flexibility index (Phi) is 8.66. The number of ether oxygens (including phenoxy) is 2. The van der Waals surface area contributed by atoms with Gasteiger partial charge in [-0.25, -0.2) is 22.7 Å². The van der Waals surface area contributed by atoms with Gasteiger partial charge in [0.2, 0.25) is 5.78 Å². The quantitative estimate of drug-likeness (QED) is 0.270. The molecule has 0 saturated carbocycles. The Morgan fingerprint density at radius 3 is 2.51 bits per heavy atom. The molecule has 208 valence electrons. The molecule has 9 nitrogen and oxygen atoms in total. The second-order valence-electron chi connectivity index (χ2n) is 8.26. The predicted octanol–water partition coefficient (Wildman–Crippen LogP) is 4.67. The summed E-state index contributed by atoms with van der Waals surface area (Å²) in [5.41, 5.74) is -1.79. The third-order valence-corrected chi connectivity index (χ3v) is 8.01. The van der Waals surface area contributed by atoms with Crippen molar-refractivity contribution in [3.63, 3.8) is 0 Å². The van der Waals surface area contributed by atoms with Gasteiger partial charge in [-0.3, -0.25) is 4.79 Å². The Bertz CT molecular complexity index is 1480. The summed E-state index contributed by atoms with van der Waals surface area (Å²) in [6.07, 6.45) is -2.32. The van der Waals surface area contributed by atoms with E-state index in [9.17, 15) is 26.4 Å². The molecule has 4 rings (SSSR count). The minimum atomic E-state index is -4.91. The zero-order valence-electron chi connectivity index (χ0n) is 20.3. The lowest BCUT2D eigenvalue weighted by molar-refractivity contribution is -0.137. The van der Waals surface area contributed by atoms with E-state index in [-0.39, 0.29) is 22.0 Å². The number of hydrogen-bond acceptors (Lipinski definition) is 8. The minimum Gasteiger partial charge on any atom is -0.378 e. The second-order valence-corrected chi connectivity index (χ2v) is 11.0. The number of aromatic nitrogens is 2. The van der Waals surface area contributed by atoms with Gasteiger partial charge in [-0.2, -0.15) is 13.2 Å². The number of rotatable bonds is 8. The number of anilines is 2. The Labute approximate surface area is 232 Å². The summed E-state index contributed by atoms with van der Waals surface area (Å²) in [6.45, 7) is 1.45. The molecule has 1 aliphatic heterocycles. The van der Waals surface area contributed by atoms with E-state index in [1.165, 1.54) is 31.5 Å². The Balaban J connectivity index is 1.79. The molecule has 1 aliphatic rings. The normalized spacial score (nSPS) is 14.4. The van der Waals surface area contributed by atoms with Crippen molar-refractivity contribution >= 4 is 50.5 Å². The molecule has 0 aliphatic carbocycles. The van der Waals surface area contributed by atoms with Crippen LogP contribution in [0.15, 0.2) is 53.7 Å². The van der Waals surface area contributed by atoms with Gasteiger partial charge < -0.3 is 14.4 Å². The maximum absolute atomic E-state index is 13.6. The Morgan fingerprint density at radius 2 is 1.85 bits per heavy atom. The molecule has 0 amide bonds. The van der Waals surface area contributed by atoms with E-state index in [4.69, 9.17) is 32.7 Å². The molecule has 1 fully saturated rings. The van der Waals surface area contributed by atoms with Crippen LogP contribution in [0.4, 0.5) is 24.7 Å². The van der Waals surface area contributed by atoms with Gasteiger partial charge in [-0.1, -0.05) is 23.2 Å². The minimum absolute atomic E-state index is 0.0197. The number of hydrogen-bond donors (Lipinski definition) is 0. The first kappa shape index (κ1) is 29.0. The molecule has 2 aromatic heterocycles. The number of benzene rings is 1. The standard InChI is InChI=1S/C24H21Cl2F3N4O5S/c1-37-14-33(39(35,36)17-2-3-19(26)18(12-17)24(27,28)29)20-11-16(25)13-31-22(20)23(34)15-4-5-30-21(10-15)32-6-8-38-9-7-32/h2-5,10-13H,6-9,14H2,1H3. The largest absolute Gasteiger partial charge is 0.417 e. The first-order valence-electron chi connectivity index (χ1n) is 11.3. The summed E-state index contributed by atoms with van der Waals surface area (Å²) >= 11 is 11.8. The predicted molar refractivity (Wildman–Crippen MR) is 138 cm³/mol. The molecule has 3 heterocycles. The maximum atomic E-state index is 13.6. The SMILES string of the molecule is COCN(c1cc(Cl)cnc1C(=O)c1ccnc(N2CCOCC2)c1)S(=O)(=O)c1ccc(Cl)c(C(F)(F)F)c1. The first-order chi connectivity index (χ1) is 18.4. The fourth-order valence-corrected chi connectivity index (χ4v) is 5.63. The van der Waals surface area contributed by atoms with Gasteiger partial charge in [0.25, 0.3) is 10.0 Å². The van der Waals surface area contributed by atoms with Crippen molar-refractivity contribution in [2.75, 3.05) is 49.3 Å². The number of carbonyl (C=O) groups excluding carboxylic acids is 1. The average molecular weight is 605 g/mol. The molecule has 15 heteroatoms. The third-order valence-electron chi connectivity index (χ3n) is 5.74. The van der Waals surface area contributed by atoms with E-state index < -0.39 is 44.2 Å².